The van der Waals surface area contributed by atoms with Crippen LogP contribution in [-0.4, -0.2) is 23.0 Å². The zero-order valence-electron chi connectivity index (χ0n) is 10.9. The smallest absolute Gasteiger partial charge is 0.325 e. The number of nitrogens with one attached hydrogen (secondary N) is 1. The van der Waals surface area contributed by atoms with Crippen LogP contribution in [0.1, 0.15) is 25.0 Å². The Balaban J connectivity index is 2.54. The third-order valence-corrected chi connectivity index (χ3v) is 2.84. The zero-order valence-corrected chi connectivity index (χ0v) is 10.9. The number of aryl methyl sites for hydroxylation is 1. The summed E-state index contributed by atoms with van der Waals surface area (Å²) in [4.78, 5) is 22.4. The monoisotopic (exact) mass is 249 g/mol. The largest absolute Gasteiger partial charge is 0.480 e. The molecular formula is C14H19NO3. The van der Waals surface area contributed by atoms with Gasteiger partial charge in [0, 0.05) is 5.92 Å². The zero-order chi connectivity index (χ0) is 13.7. The van der Waals surface area contributed by atoms with Crippen molar-refractivity contribution in [2.75, 3.05) is 0 Å². The molecule has 1 aromatic carbocycles. The number of aliphatic carboxylic acids is 1. The predicted octanol–water partition coefficient (Wildman–Crippen LogP) is 1.76. The highest BCUT2D eigenvalue weighted by Gasteiger charge is 2.19. The van der Waals surface area contributed by atoms with E-state index in [1.54, 1.807) is 6.92 Å². The molecule has 0 aliphatic rings. The van der Waals surface area contributed by atoms with Gasteiger partial charge in [-0.25, -0.2) is 0 Å². The molecular weight excluding hydrogens is 230 g/mol. The van der Waals surface area contributed by atoms with E-state index in [1.807, 2.05) is 31.2 Å². The van der Waals surface area contributed by atoms with E-state index in [2.05, 4.69) is 5.32 Å². The molecule has 2 N–H and O–H groups in total. The summed E-state index contributed by atoms with van der Waals surface area (Å²) in [6.07, 6.45) is 0.610. The predicted molar refractivity (Wildman–Crippen MR) is 69.3 cm³/mol. The molecule has 1 amide bonds. The lowest BCUT2D eigenvalue weighted by Gasteiger charge is -2.14. The maximum atomic E-state index is 11.8. The lowest BCUT2D eigenvalue weighted by molar-refractivity contribution is -0.141. The molecule has 0 heterocycles. The normalized spacial score (nSPS) is 13.7. The van der Waals surface area contributed by atoms with Crippen molar-refractivity contribution in [2.45, 2.75) is 33.2 Å². The van der Waals surface area contributed by atoms with Crippen molar-refractivity contribution in [3.63, 3.8) is 0 Å². The van der Waals surface area contributed by atoms with E-state index in [0.29, 0.717) is 6.42 Å². The van der Waals surface area contributed by atoms with Crippen molar-refractivity contribution in [3.8, 4) is 0 Å². The molecule has 1 aromatic rings. The number of amides is 1. The molecule has 0 aliphatic heterocycles. The fraction of sp³-hybridized carbons (Fsp3) is 0.429. The van der Waals surface area contributed by atoms with E-state index >= 15 is 0 Å². The molecule has 98 valence electrons. The summed E-state index contributed by atoms with van der Waals surface area (Å²) in [6.45, 7) is 5.26. The highest BCUT2D eigenvalue weighted by atomic mass is 16.4. The molecule has 4 heteroatoms. The average Bonchev–Trinajstić information content (AvgIpc) is 2.31. The van der Waals surface area contributed by atoms with Gasteiger partial charge in [0.2, 0.25) is 5.91 Å². The SMILES string of the molecule is Cc1ccc(CC(C)C(=O)N[C@H](C)C(=O)O)cc1. The van der Waals surface area contributed by atoms with E-state index in [1.165, 1.54) is 12.5 Å². The Morgan fingerprint density at radius 1 is 1.22 bits per heavy atom. The topological polar surface area (TPSA) is 66.4 Å². The third kappa shape index (κ3) is 4.20. The number of carboxylic acid groups (broad SMARTS) is 1. The van der Waals surface area contributed by atoms with E-state index in [9.17, 15) is 9.59 Å². The molecule has 18 heavy (non-hydrogen) atoms. The fourth-order valence-electron chi connectivity index (χ4n) is 1.59. The number of hydrogen-bond donors (Lipinski definition) is 2. The van der Waals surface area contributed by atoms with Gasteiger partial charge in [-0.3, -0.25) is 9.59 Å². The second-order valence-corrected chi connectivity index (χ2v) is 4.66. The summed E-state index contributed by atoms with van der Waals surface area (Å²) in [5, 5.41) is 11.2. The van der Waals surface area contributed by atoms with Crippen LogP contribution < -0.4 is 5.32 Å². The van der Waals surface area contributed by atoms with Crippen LogP contribution >= 0.6 is 0 Å². The van der Waals surface area contributed by atoms with Gasteiger partial charge in [-0.05, 0) is 25.8 Å². The molecule has 0 radical (unpaired) electrons. The van der Waals surface area contributed by atoms with Crippen LogP contribution in [0.4, 0.5) is 0 Å². The molecule has 0 saturated heterocycles. The van der Waals surface area contributed by atoms with Crippen LogP contribution in [0.15, 0.2) is 24.3 Å². The first-order chi connectivity index (χ1) is 8.40. The van der Waals surface area contributed by atoms with Crippen molar-refractivity contribution in [2.24, 2.45) is 5.92 Å². The van der Waals surface area contributed by atoms with Crippen molar-refractivity contribution in [1.82, 2.24) is 5.32 Å². The van der Waals surface area contributed by atoms with Crippen LogP contribution in [-0.2, 0) is 16.0 Å². The summed E-state index contributed by atoms with van der Waals surface area (Å²) < 4.78 is 0. The number of carbonyl (C=O) groups is 2. The van der Waals surface area contributed by atoms with Crippen molar-refractivity contribution < 1.29 is 14.7 Å². The number of carboxylic acids is 1. The Hall–Kier alpha value is -1.84. The minimum Gasteiger partial charge on any atom is -0.480 e. The van der Waals surface area contributed by atoms with Crippen molar-refractivity contribution in [1.29, 1.82) is 0 Å². The van der Waals surface area contributed by atoms with Gasteiger partial charge < -0.3 is 10.4 Å². The lowest BCUT2D eigenvalue weighted by Crippen LogP contribution is -2.41. The highest BCUT2D eigenvalue weighted by molar-refractivity contribution is 5.84. The quantitative estimate of drug-likeness (QED) is 0.835. The second-order valence-electron chi connectivity index (χ2n) is 4.66. The van der Waals surface area contributed by atoms with Gasteiger partial charge in [0.25, 0.3) is 0 Å². The van der Waals surface area contributed by atoms with Gasteiger partial charge in [0.1, 0.15) is 6.04 Å². The molecule has 0 aromatic heterocycles. The molecule has 0 aliphatic carbocycles. The Morgan fingerprint density at radius 3 is 2.28 bits per heavy atom. The van der Waals surface area contributed by atoms with Crippen LogP contribution in [0.25, 0.3) is 0 Å². The van der Waals surface area contributed by atoms with Gasteiger partial charge >= 0.3 is 5.97 Å². The molecule has 4 nitrogen and oxygen atoms in total. The standard InChI is InChI=1S/C14H19NO3/c1-9-4-6-12(7-5-9)8-10(2)13(16)15-11(3)14(17)18/h4-7,10-11H,8H2,1-3H3,(H,15,16)(H,17,18)/t10?,11-/m1/s1. The Labute approximate surface area is 107 Å². The summed E-state index contributed by atoms with van der Waals surface area (Å²) in [6, 6.07) is 7.12. The first-order valence-corrected chi connectivity index (χ1v) is 5.99. The summed E-state index contributed by atoms with van der Waals surface area (Å²) in [5.41, 5.74) is 2.25. The molecule has 1 rings (SSSR count). The second kappa shape index (κ2) is 6.19. The summed E-state index contributed by atoms with van der Waals surface area (Å²) in [7, 11) is 0. The van der Waals surface area contributed by atoms with E-state index < -0.39 is 12.0 Å². The number of benzene rings is 1. The van der Waals surface area contributed by atoms with E-state index in [-0.39, 0.29) is 11.8 Å². The molecule has 2 atom stereocenters. The minimum absolute atomic E-state index is 0.231. The van der Waals surface area contributed by atoms with Crippen LogP contribution in [0.3, 0.4) is 0 Å². The van der Waals surface area contributed by atoms with Gasteiger partial charge in [0.05, 0.1) is 0 Å². The maximum Gasteiger partial charge on any atom is 0.325 e. The van der Waals surface area contributed by atoms with Crippen molar-refractivity contribution >= 4 is 11.9 Å². The van der Waals surface area contributed by atoms with Crippen LogP contribution in [0, 0.1) is 12.8 Å². The third-order valence-electron chi connectivity index (χ3n) is 2.84. The van der Waals surface area contributed by atoms with Crippen LogP contribution in [0.2, 0.25) is 0 Å². The Kier molecular flexibility index (Phi) is 4.89. The maximum absolute atomic E-state index is 11.8. The number of rotatable bonds is 5. The molecule has 0 bridgehead atoms. The minimum atomic E-state index is -1.02. The molecule has 0 saturated carbocycles. The summed E-state index contributed by atoms with van der Waals surface area (Å²) >= 11 is 0. The first kappa shape index (κ1) is 14.2. The van der Waals surface area contributed by atoms with Gasteiger partial charge in [-0.15, -0.1) is 0 Å². The number of hydrogen-bond acceptors (Lipinski definition) is 2. The molecule has 0 spiro atoms. The van der Waals surface area contributed by atoms with Gasteiger partial charge in [-0.1, -0.05) is 36.8 Å². The van der Waals surface area contributed by atoms with Crippen molar-refractivity contribution in [3.05, 3.63) is 35.4 Å². The molecule has 0 fully saturated rings. The van der Waals surface area contributed by atoms with Crippen LogP contribution in [0.5, 0.6) is 0 Å². The average molecular weight is 249 g/mol. The van der Waals surface area contributed by atoms with E-state index in [0.717, 1.165) is 5.56 Å². The van der Waals surface area contributed by atoms with Gasteiger partial charge in [0.15, 0.2) is 0 Å². The van der Waals surface area contributed by atoms with E-state index in [4.69, 9.17) is 5.11 Å². The fourth-order valence-corrected chi connectivity index (χ4v) is 1.59. The molecule has 1 unspecified atom stereocenters. The highest BCUT2D eigenvalue weighted by Crippen LogP contribution is 2.10. The lowest BCUT2D eigenvalue weighted by atomic mass is 9.99. The first-order valence-electron chi connectivity index (χ1n) is 5.99. The number of carbonyl (C=O) groups excluding carboxylic acids is 1. The summed E-state index contributed by atoms with van der Waals surface area (Å²) in [5.74, 6) is -1.49. The Bertz CT molecular complexity index is 425. The Morgan fingerprint density at radius 2 is 1.78 bits per heavy atom. The van der Waals surface area contributed by atoms with Gasteiger partial charge in [-0.2, -0.15) is 0 Å².